The maximum atomic E-state index is 10.2. The van der Waals surface area contributed by atoms with Gasteiger partial charge < -0.3 is 14.9 Å². The fourth-order valence-electron chi connectivity index (χ4n) is 2.23. The zero-order valence-corrected chi connectivity index (χ0v) is 20.2. The van der Waals surface area contributed by atoms with E-state index in [2.05, 4.69) is 18.2 Å². The molecule has 0 aromatic heterocycles. The molecule has 0 saturated carbocycles. The van der Waals surface area contributed by atoms with Crippen LogP contribution in [0.3, 0.4) is 0 Å². The van der Waals surface area contributed by atoms with Gasteiger partial charge >= 0.3 is 17.9 Å². The quantitative estimate of drug-likeness (QED) is 0.177. The molecule has 0 rings (SSSR count). The van der Waals surface area contributed by atoms with E-state index in [1.807, 2.05) is 0 Å². The van der Waals surface area contributed by atoms with Gasteiger partial charge in [0, 0.05) is 17.2 Å². The molecule has 6 nitrogen and oxygen atoms in total. The minimum atomic E-state index is -0.845. The molecule has 0 aliphatic heterocycles. The molecule has 0 saturated heterocycles. The summed E-state index contributed by atoms with van der Waals surface area (Å²) < 4.78 is 4.27. The second-order valence-electron chi connectivity index (χ2n) is 7.26. The number of ether oxygens (including phenoxy) is 1. The summed E-state index contributed by atoms with van der Waals surface area (Å²) in [7, 11) is 1.33. The normalized spacial score (nSPS) is 10.4. The number of hydrogen-bond acceptors (Lipinski definition) is 4. The Labute approximate surface area is 189 Å². The fourth-order valence-corrected chi connectivity index (χ4v) is 2.23. The number of hydrogen-bond donors (Lipinski definition) is 2. The number of methoxy groups -OCH3 is 1. The average Bonchev–Trinajstić information content (AvgIpc) is 2.73. The number of rotatable bonds is 14. The van der Waals surface area contributed by atoms with Crippen molar-refractivity contribution in [2.45, 2.75) is 98.3 Å². The van der Waals surface area contributed by atoms with Gasteiger partial charge in [-0.3, -0.25) is 0 Å². The first-order valence-corrected chi connectivity index (χ1v) is 11.1. The summed E-state index contributed by atoms with van der Waals surface area (Å²) >= 11 is 0. The lowest BCUT2D eigenvalue weighted by molar-refractivity contribution is -0.136. The second kappa shape index (κ2) is 25.7. The summed E-state index contributed by atoms with van der Waals surface area (Å²) in [5.74, 6) is -2.03. The van der Waals surface area contributed by atoms with Crippen LogP contribution in [0.4, 0.5) is 0 Å². The van der Waals surface area contributed by atoms with Crippen molar-refractivity contribution in [1.82, 2.24) is 0 Å². The highest BCUT2D eigenvalue weighted by atomic mass is 16.5. The van der Waals surface area contributed by atoms with Gasteiger partial charge in [-0.05, 0) is 33.6 Å². The van der Waals surface area contributed by atoms with E-state index in [0.717, 1.165) is 12.8 Å². The molecule has 0 aromatic carbocycles. The number of carbonyl (C=O) groups excluding carboxylic acids is 1. The standard InChI is InChI=1S/C15H28O2.2C5H8O2/c1-2-3-4-5-6-7-8-9-10-11-12-13-14-15(16)17;1-4(2)5(6)7-3;1-3-4(2)5(6)7/h13-14H,2-12H2,1H3,(H,16,17);1H2,2-3H3;3H,1-2H3,(H,6,7). The van der Waals surface area contributed by atoms with E-state index in [-0.39, 0.29) is 5.97 Å². The van der Waals surface area contributed by atoms with Crippen LogP contribution in [0.25, 0.3) is 0 Å². The lowest BCUT2D eigenvalue weighted by atomic mass is 10.1. The smallest absolute Gasteiger partial charge is 0.332 e. The topological polar surface area (TPSA) is 101 Å². The Bertz CT molecular complexity index is 546. The Hall–Kier alpha value is -2.37. The zero-order chi connectivity index (χ0) is 24.5. The molecule has 180 valence electrons. The van der Waals surface area contributed by atoms with Crippen LogP contribution in [0, 0.1) is 0 Å². The highest BCUT2D eigenvalue weighted by Gasteiger charge is 1.95. The second-order valence-corrected chi connectivity index (χ2v) is 7.26. The van der Waals surface area contributed by atoms with Crippen molar-refractivity contribution in [3.05, 3.63) is 36.0 Å². The van der Waals surface area contributed by atoms with Crippen LogP contribution in [0.1, 0.15) is 98.3 Å². The number of allylic oxidation sites excluding steroid dienone is 2. The molecule has 2 N–H and O–H groups in total. The van der Waals surface area contributed by atoms with Gasteiger partial charge in [-0.25, -0.2) is 14.4 Å². The molecule has 0 atom stereocenters. The number of carboxylic acid groups (broad SMARTS) is 2. The summed E-state index contributed by atoms with van der Waals surface area (Å²) in [6.45, 7) is 10.5. The number of carbonyl (C=O) groups is 3. The largest absolute Gasteiger partial charge is 0.478 e. The Morgan fingerprint density at radius 1 is 0.871 bits per heavy atom. The summed E-state index contributed by atoms with van der Waals surface area (Å²) in [5.41, 5.74) is 0.822. The van der Waals surface area contributed by atoms with Gasteiger partial charge in [-0.1, -0.05) is 83.4 Å². The minimum absolute atomic E-state index is 0.347. The van der Waals surface area contributed by atoms with E-state index in [4.69, 9.17) is 10.2 Å². The van der Waals surface area contributed by atoms with Crippen LogP contribution in [-0.4, -0.2) is 35.2 Å². The first kappa shape index (κ1) is 33.3. The van der Waals surface area contributed by atoms with Crippen LogP contribution < -0.4 is 0 Å². The molecule has 0 aliphatic carbocycles. The van der Waals surface area contributed by atoms with E-state index in [1.165, 1.54) is 71.0 Å². The van der Waals surface area contributed by atoms with Gasteiger partial charge in [-0.15, -0.1) is 0 Å². The third kappa shape index (κ3) is 32.5. The van der Waals surface area contributed by atoms with E-state index >= 15 is 0 Å². The molecule has 0 aromatic rings. The molecular formula is C25H44O6. The number of unbranched alkanes of at least 4 members (excludes halogenated alkanes) is 10. The molecular weight excluding hydrogens is 396 g/mol. The summed E-state index contributed by atoms with van der Waals surface area (Å²) in [6.07, 6.45) is 18.7. The number of esters is 1. The van der Waals surface area contributed by atoms with Crippen molar-refractivity contribution < 1.29 is 29.3 Å². The van der Waals surface area contributed by atoms with Crippen molar-refractivity contribution in [2.75, 3.05) is 7.11 Å². The van der Waals surface area contributed by atoms with E-state index in [9.17, 15) is 14.4 Å². The van der Waals surface area contributed by atoms with Gasteiger partial charge in [0.05, 0.1) is 7.11 Å². The van der Waals surface area contributed by atoms with E-state index < -0.39 is 11.9 Å². The molecule has 6 heteroatoms. The molecule has 0 spiro atoms. The van der Waals surface area contributed by atoms with Gasteiger partial charge in [0.25, 0.3) is 0 Å². The first-order chi connectivity index (χ1) is 14.6. The van der Waals surface area contributed by atoms with Crippen LogP contribution in [0.5, 0.6) is 0 Å². The van der Waals surface area contributed by atoms with Crippen molar-refractivity contribution in [3.8, 4) is 0 Å². The highest BCUT2D eigenvalue weighted by molar-refractivity contribution is 5.86. The molecule has 0 unspecified atom stereocenters. The molecule has 0 fully saturated rings. The lowest BCUT2D eigenvalue weighted by Crippen LogP contribution is -1.98. The summed E-state index contributed by atoms with van der Waals surface area (Å²) in [6, 6.07) is 0. The van der Waals surface area contributed by atoms with Crippen LogP contribution >= 0.6 is 0 Å². The average molecular weight is 441 g/mol. The van der Waals surface area contributed by atoms with Crippen molar-refractivity contribution >= 4 is 17.9 Å². The Balaban J connectivity index is -0.000000460. The maximum Gasteiger partial charge on any atom is 0.332 e. The summed E-state index contributed by atoms with van der Waals surface area (Å²) in [4.78, 5) is 30.2. The van der Waals surface area contributed by atoms with E-state index in [0.29, 0.717) is 11.1 Å². The molecule has 0 bridgehead atoms. The van der Waals surface area contributed by atoms with Gasteiger partial charge in [0.2, 0.25) is 0 Å². The van der Waals surface area contributed by atoms with Crippen LogP contribution in [0.15, 0.2) is 36.0 Å². The lowest BCUT2D eigenvalue weighted by Gasteiger charge is -2.01. The Morgan fingerprint density at radius 3 is 1.58 bits per heavy atom. The third-order valence-electron chi connectivity index (χ3n) is 4.29. The van der Waals surface area contributed by atoms with Crippen LogP contribution in [-0.2, 0) is 19.1 Å². The molecule has 31 heavy (non-hydrogen) atoms. The third-order valence-corrected chi connectivity index (χ3v) is 4.29. The van der Waals surface area contributed by atoms with Crippen LogP contribution in [0.2, 0.25) is 0 Å². The number of aliphatic carboxylic acids is 2. The maximum absolute atomic E-state index is 10.2. The zero-order valence-electron chi connectivity index (χ0n) is 20.2. The molecule has 0 radical (unpaired) electrons. The number of carboxylic acids is 2. The summed E-state index contributed by atoms with van der Waals surface area (Å²) in [5, 5.41) is 16.5. The Morgan fingerprint density at radius 2 is 1.32 bits per heavy atom. The SMILES string of the molecule is C=C(C)C(=O)OC.CC=C(C)C(=O)O.CCCCCCCCCCCCC=CC(=O)O. The monoisotopic (exact) mass is 440 g/mol. The van der Waals surface area contributed by atoms with Crippen molar-refractivity contribution in [1.29, 1.82) is 0 Å². The van der Waals surface area contributed by atoms with Crippen molar-refractivity contribution in [2.24, 2.45) is 0 Å². The molecule has 0 amide bonds. The minimum Gasteiger partial charge on any atom is -0.478 e. The first-order valence-electron chi connectivity index (χ1n) is 11.1. The molecule has 0 aliphatic rings. The van der Waals surface area contributed by atoms with Gasteiger partial charge in [-0.2, -0.15) is 0 Å². The fraction of sp³-hybridized carbons (Fsp3) is 0.640. The molecule has 0 heterocycles. The predicted octanol–water partition coefficient (Wildman–Crippen LogP) is 6.71. The van der Waals surface area contributed by atoms with E-state index in [1.54, 1.807) is 32.9 Å². The van der Waals surface area contributed by atoms with Gasteiger partial charge in [0.1, 0.15) is 0 Å². The van der Waals surface area contributed by atoms with Crippen molar-refractivity contribution in [3.63, 3.8) is 0 Å². The Kier molecular flexibility index (Phi) is 27.5. The van der Waals surface area contributed by atoms with Gasteiger partial charge in [0.15, 0.2) is 0 Å². The highest BCUT2D eigenvalue weighted by Crippen LogP contribution is 2.11. The predicted molar refractivity (Wildman–Crippen MR) is 127 cm³/mol.